The second-order valence-electron chi connectivity index (χ2n) is 6.40. The van der Waals surface area contributed by atoms with Crippen LogP contribution in [-0.2, 0) is 11.3 Å². The number of carbonyl (C=O) groups excluding carboxylic acids is 2. The van der Waals surface area contributed by atoms with E-state index in [9.17, 15) is 14.7 Å². The van der Waals surface area contributed by atoms with E-state index in [-0.39, 0.29) is 11.7 Å². The Morgan fingerprint density at radius 1 is 1.21 bits per heavy atom. The molecule has 0 aliphatic carbocycles. The number of aromatic hydroxyl groups is 1. The van der Waals surface area contributed by atoms with E-state index in [0.717, 1.165) is 5.56 Å². The van der Waals surface area contributed by atoms with E-state index in [2.05, 4.69) is 16.0 Å². The SMILES string of the molecule is CCOc1cc([C@H]2NC(=O)NC(C)=C2C(=O)NCc2ccccc2)ccc1O. The van der Waals surface area contributed by atoms with Gasteiger partial charge in [-0.05, 0) is 37.1 Å². The Kier molecular flexibility index (Phi) is 5.84. The number of hydrogen-bond donors (Lipinski definition) is 4. The number of urea groups is 1. The minimum absolute atomic E-state index is 0.00152. The predicted molar refractivity (Wildman–Crippen MR) is 105 cm³/mol. The lowest BCUT2D eigenvalue weighted by atomic mass is 9.94. The van der Waals surface area contributed by atoms with Gasteiger partial charge in [-0.15, -0.1) is 0 Å². The van der Waals surface area contributed by atoms with Crippen molar-refractivity contribution in [3.05, 3.63) is 70.9 Å². The number of allylic oxidation sites excluding steroid dienone is 1. The predicted octanol–water partition coefficient (Wildman–Crippen LogP) is 2.74. The lowest BCUT2D eigenvalue weighted by Gasteiger charge is -2.29. The Morgan fingerprint density at radius 2 is 1.96 bits per heavy atom. The molecule has 0 unspecified atom stereocenters. The number of nitrogens with one attached hydrogen (secondary N) is 3. The maximum atomic E-state index is 12.9. The van der Waals surface area contributed by atoms with Gasteiger partial charge in [-0.25, -0.2) is 4.79 Å². The molecule has 0 saturated heterocycles. The smallest absolute Gasteiger partial charge is 0.319 e. The topological polar surface area (TPSA) is 99.7 Å². The van der Waals surface area contributed by atoms with E-state index in [4.69, 9.17) is 4.74 Å². The lowest BCUT2D eigenvalue weighted by molar-refractivity contribution is -0.118. The summed E-state index contributed by atoms with van der Waals surface area (Å²) in [5, 5.41) is 18.3. The summed E-state index contributed by atoms with van der Waals surface area (Å²) in [5.74, 6) is 0.0148. The highest BCUT2D eigenvalue weighted by Gasteiger charge is 2.31. The van der Waals surface area contributed by atoms with Gasteiger partial charge in [0.2, 0.25) is 0 Å². The Balaban J connectivity index is 1.88. The third-order valence-electron chi connectivity index (χ3n) is 4.43. The molecule has 0 radical (unpaired) electrons. The first kappa shape index (κ1) is 19.3. The summed E-state index contributed by atoms with van der Waals surface area (Å²) in [4.78, 5) is 24.9. The van der Waals surface area contributed by atoms with Crippen molar-refractivity contribution in [1.82, 2.24) is 16.0 Å². The van der Waals surface area contributed by atoms with Crippen LogP contribution in [0.1, 0.15) is 31.0 Å². The lowest BCUT2D eigenvalue weighted by Crippen LogP contribution is -2.46. The van der Waals surface area contributed by atoms with Crippen LogP contribution >= 0.6 is 0 Å². The van der Waals surface area contributed by atoms with Gasteiger partial charge in [0, 0.05) is 12.2 Å². The summed E-state index contributed by atoms with van der Waals surface area (Å²) < 4.78 is 5.43. The van der Waals surface area contributed by atoms with Crippen LogP contribution < -0.4 is 20.7 Å². The number of rotatable bonds is 6. The number of amides is 3. The summed E-state index contributed by atoms with van der Waals surface area (Å²) in [6.07, 6.45) is 0. The van der Waals surface area contributed by atoms with Crippen molar-refractivity contribution in [2.24, 2.45) is 0 Å². The third-order valence-corrected chi connectivity index (χ3v) is 4.43. The van der Waals surface area contributed by atoms with Gasteiger partial charge in [-0.1, -0.05) is 36.4 Å². The first-order chi connectivity index (χ1) is 13.5. The number of phenols is 1. The van der Waals surface area contributed by atoms with E-state index in [1.54, 1.807) is 19.1 Å². The Bertz CT molecular complexity index is 909. The number of benzene rings is 2. The second kappa shape index (κ2) is 8.47. The Morgan fingerprint density at radius 3 is 2.68 bits per heavy atom. The number of ether oxygens (including phenoxy) is 1. The number of carbonyl (C=O) groups is 2. The second-order valence-corrected chi connectivity index (χ2v) is 6.40. The van der Waals surface area contributed by atoms with Gasteiger partial charge < -0.3 is 25.8 Å². The van der Waals surface area contributed by atoms with Crippen molar-refractivity contribution in [2.75, 3.05) is 6.61 Å². The monoisotopic (exact) mass is 381 g/mol. The zero-order chi connectivity index (χ0) is 20.1. The quantitative estimate of drug-likeness (QED) is 0.618. The molecule has 4 N–H and O–H groups in total. The van der Waals surface area contributed by atoms with E-state index in [1.165, 1.54) is 6.07 Å². The van der Waals surface area contributed by atoms with Crippen LogP contribution in [0.25, 0.3) is 0 Å². The van der Waals surface area contributed by atoms with Gasteiger partial charge in [0.15, 0.2) is 11.5 Å². The molecule has 0 fully saturated rings. The van der Waals surface area contributed by atoms with Crippen LogP contribution in [0.2, 0.25) is 0 Å². The van der Waals surface area contributed by atoms with Gasteiger partial charge in [-0.2, -0.15) is 0 Å². The fraction of sp³-hybridized carbons (Fsp3) is 0.238. The average Bonchev–Trinajstić information content (AvgIpc) is 2.68. The molecule has 1 atom stereocenters. The fourth-order valence-electron chi connectivity index (χ4n) is 3.10. The Hall–Kier alpha value is -3.48. The van der Waals surface area contributed by atoms with Crippen molar-refractivity contribution < 1.29 is 19.4 Å². The maximum Gasteiger partial charge on any atom is 0.319 e. The zero-order valence-electron chi connectivity index (χ0n) is 15.8. The molecule has 1 aliphatic rings. The molecule has 1 aliphatic heterocycles. The van der Waals surface area contributed by atoms with E-state index >= 15 is 0 Å². The molecule has 0 aromatic heterocycles. The van der Waals surface area contributed by atoms with Gasteiger partial charge >= 0.3 is 6.03 Å². The van der Waals surface area contributed by atoms with Gasteiger partial charge in [-0.3, -0.25) is 4.79 Å². The minimum atomic E-state index is -0.663. The summed E-state index contributed by atoms with van der Waals surface area (Å²) in [6, 6.07) is 13.3. The molecule has 1 heterocycles. The van der Waals surface area contributed by atoms with Crippen molar-refractivity contribution in [1.29, 1.82) is 0 Å². The van der Waals surface area contributed by atoms with E-state index in [1.807, 2.05) is 37.3 Å². The standard InChI is InChI=1S/C21H23N3O4/c1-3-28-17-11-15(9-10-16(17)25)19-18(13(2)23-21(27)24-19)20(26)22-12-14-7-5-4-6-8-14/h4-11,19,25H,3,12H2,1-2H3,(H,22,26)(H2,23,24,27)/t19-/m1/s1. The van der Waals surface area contributed by atoms with Crippen LogP contribution in [0.5, 0.6) is 11.5 Å². The molecular formula is C21H23N3O4. The Labute approximate surface area is 163 Å². The highest BCUT2D eigenvalue weighted by Crippen LogP contribution is 2.33. The van der Waals surface area contributed by atoms with Gasteiger partial charge in [0.1, 0.15) is 0 Å². The first-order valence-electron chi connectivity index (χ1n) is 9.05. The summed E-state index contributed by atoms with van der Waals surface area (Å²) in [7, 11) is 0. The van der Waals surface area contributed by atoms with Crippen LogP contribution in [-0.4, -0.2) is 23.7 Å². The molecular weight excluding hydrogens is 358 g/mol. The number of phenolic OH excluding ortho intramolecular Hbond substituents is 1. The zero-order valence-corrected chi connectivity index (χ0v) is 15.8. The third kappa shape index (κ3) is 4.25. The molecule has 0 spiro atoms. The summed E-state index contributed by atoms with van der Waals surface area (Å²) in [6.45, 7) is 4.25. The van der Waals surface area contributed by atoms with E-state index in [0.29, 0.717) is 35.7 Å². The van der Waals surface area contributed by atoms with Crippen molar-refractivity contribution in [2.45, 2.75) is 26.4 Å². The van der Waals surface area contributed by atoms with Crippen molar-refractivity contribution in [3.8, 4) is 11.5 Å². The normalized spacial score (nSPS) is 16.2. The molecule has 146 valence electrons. The molecule has 0 saturated carbocycles. The minimum Gasteiger partial charge on any atom is -0.504 e. The van der Waals surface area contributed by atoms with Crippen LogP contribution in [0, 0.1) is 0 Å². The first-order valence-corrected chi connectivity index (χ1v) is 9.05. The molecule has 2 aromatic rings. The fourth-order valence-corrected chi connectivity index (χ4v) is 3.10. The maximum absolute atomic E-state index is 12.9. The van der Waals surface area contributed by atoms with E-state index < -0.39 is 12.1 Å². The van der Waals surface area contributed by atoms with Gasteiger partial charge in [0.05, 0.1) is 18.2 Å². The van der Waals surface area contributed by atoms with Gasteiger partial charge in [0.25, 0.3) is 5.91 Å². The largest absolute Gasteiger partial charge is 0.504 e. The van der Waals surface area contributed by atoms with Crippen molar-refractivity contribution in [3.63, 3.8) is 0 Å². The molecule has 28 heavy (non-hydrogen) atoms. The highest BCUT2D eigenvalue weighted by atomic mass is 16.5. The molecule has 0 bridgehead atoms. The number of hydrogen-bond acceptors (Lipinski definition) is 4. The summed E-state index contributed by atoms with van der Waals surface area (Å²) >= 11 is 0. The molecule has 7 nitrogen and oxygen atoms in total. The van der Waals surface area contributed by atoms with Crippen LogP contribution in [0.4, 0.5) is 4.79 Å². The van der Waals surface area contributed by atoms with Crippen LogP contribution in [0.3, 0.4) is 0 Å². The molecule has 2 aromatic carbocycles. The average molecular weight is 381 g/mol. The molecule has 3 amide bonds. The molecule has 3 rings (SSSR count). The highest BCUT2D eigenvalue weighted by molar-refractivity contribution is 5.98. The molecule has 7 heteroatoms. The van der Waals surface area contributed by atoms with Crippen LogP contribution in [0.15, 0.2) is 59.8 Å². The van der Waals surface area contributed by atoms with Crippen molar-refractivity contribution >= 4 is 11.9 Å². The summed E-state index contributed by atoms with van der Waals surface area (Å²) in [5.41, 5.74) is 2.50.